The molecule has 1 aliphatic rings. The van der Waals surface area contributed by atoms with Crippen LogP contribution >= 0.6 is 22.6 Å². The molecule has 4 nitrogen and oxygen atoms in total. The zero-order valence-electron chi connectivity index (χ0n) is 18.8. The standard InChI is InChI=1S/C27H21F4IN2O2/c1-2-15-5-3-4-6-20(15)24-21(12-17(13-22(24)28)27(29,30)31)25(23-10-8-18(32)14-33-23)34-26(36)16-7-9-19(35)11-16/h1,3-6,8,10,12-14,16,19,25,35H,7,9,11H2,(H,34,36)/t16?,19?,25-/m0/s1. The average Bonchev–Trinajstić information content (AvgIpc) is 3.28. The Labute approximate surface area is 219 Å². The van der Waals surface area contributed by atoms with Gasteiger partial charge in [0.05, 0.1) is 23.4 Å². The molecule has 9 heteroatoms. The van der Waals surface area contributed by atoms with Gasteiger partial charge >= 0.3 is 6.18 Å². The lowest BCUT2D eigenvalue weighted by Gasteiger charge is -2.25. The number of halogens is 5. The summed E-state index contributed by atoms with van der Waals surface area (Å²) >= 11 is 2.03. The van der Waals surface area contributed by atoms with Gasteiger partial charge in [-0.15, -0.1) is 6.42 Å². The van der Waals surface area contributed by atoms with Crippen LogP contribution < -0.4 is 5.32 Å². The molecule has 3 aromatic rings. The van der Waals surface area contributed by atoms with Crippen LogP contribution in [0.2, 0.25) is 0 Å². The summed E-state index contributed by atoms with van der Waals surface area (Å²) in [5.74, 6) is 0.350. The van der Waals surface area contributed by atoms with Crippen molar-refractivity contribution in [1.29, 1.82) is 0 Å². The maximum absolute atomic E-state index is 15.5. The van der Waals surface area contributed by atoms with Gasteiger partial charge < -0.3 is 10.4 Å². The number of benzene rings is 2. The van der Waals surface area contributed by atoms with E-state index in [0.717, 1.165) is 9.64 Å². The number of carbonyl (C=O) groups excluding carboxylic acids is 1. The smallest absolute Gasteiger partial charge is 0.393 e. The van der Waals surface area contributed by atoms with Crippen LogP contribution in [0, 0.1) is 27.6 Å². The van der Waals surface area contributed by atoms with E-state index in [4.69, 9.17) is 6.42 Å². The molecule has 0 spiro atoms. The number of amides is 1. The molecule has 3 atom stereocenters. The van der Waals surface area contributed by atoms with Crippen LogP contribution in [-0.4, -0.2) is 22.1 Å². The minimum Gasteiger partial charge on any atom is -0.393 e. The molecule has 1 fully saturated rings. The Bertz CT molecular complexity index is 1320. The Morgan fingerprint density at radius 2 is 1.94 bits per heavy atom. The zero-order valence-corrected chi connectivity index (χ0v) is 21.0. The lowest BCUT2D eigenvalue weighted by Crippen LogP contribution is -2.35. The highest BCUT2D eigenvalue weighted by Gasteiger charge is 2.36. The summed E-state index contributed by atoms with van der Waals surface area (Å²) in [4.78, 5) is 17.5. The van der Waals surface area contributed by atoms with Crippen LogP contribution in [0.1, 0.15) is 47.7 Å². The predicted molar refractivity (Wildman–Crippen MR) is 135 cm³/mol. The van der Waals surface area contributed by atoms with E-state index in [2.05, 4.69) is 16.2 Å². The number of alkyl halides is 3. The molecule has 2 N–H and O–H groups in total. The van der Waals surface area contributed by atoms with Crippen LogP contribution in [0.15, 0.2) is 54.7 Å². The molecule has 2 aromatic carbocycles. The third-order valence-electron chi connectivity index (χ3n) is 6.22. The van der Waals surface area contributed by atoms with E-state index in [1.165, 1.54) is 12.3 Å². The fourth-order valence-electron chi connectivity index (χ4n) is 4.46. The van der Waals surface area contributed by atoms with Gasteiger partial charge in [0, 0.05) is 32.4 Å². The van der Waals surface area contributed by atoms with Gasteiger partial charge in [-0.2, -0.15) is 13.2 Å². The van der Waals surface area contributed by atoms with Crippen molar-refractivity contribution in [2.45, 2.75) is 37.6 Å². The third kappa shape index (κ3) is 5.55. The summed E-state index contributed by atoms with van der Waals surface area (Å²) in [7, 11) is 0. The summed E-state index contributed by atoms with van der Waals surface area (Å²) in [5, 5.41) is 12.7. The molecule has 2 unspecified atom stereocenters. The second-order valence-corrected chi connectivity index (χ2v) is 9.86. The normalized spacial score (nSPS) is 18.5. The number of hydrogen-bond donors (Lipinski definition) is 2. The van der Waals surface area contributed by atoms with Crippen molar-refractivity contribution in [1.82, 2.24) is 10.3 Å². The molecule has 1 aliphatic carbocycles. The first-order valence-corrected chi connectivity index (χ1v) is 12.2. The Balaban J connectivity index is 1.94. The minimum absolute atomic E-state index is 0.120. The van der Waals surface area contributed by atoms with E-state index >= 15 is 4.39 Å². The summed E-state index contributed by atoms with van der Waals surface area (Å²) < 4.78 is 57.6. The van der Waals surface area contributed by atoms with E-state index in [9.17, 15) is 23.1 Å². The predicted octanol–water partition coefficient (Wildman–Crippen LogP) is 5.86. The number of aliphatic hydroxyl groups is 1. The van der Waals surface area contributed by atoms with Crippen LogP contribution in [0.25, 0.3) is 11.1 Å². The van der Waals surface area contributed by atoms with E-state index in [0.29, 0.717) is 18.9 Å². The maximum atomic E-state index is 15.5. The van der Waals surface area contributed by atoms with Crippen molar-refractivity contribution in [3.05, 3.63) is 86.5 Å². The first-order chi connectivity index (χ1) is 17.1. The number of carbonyl (C=O) groups is 1. The van der Waals surface area contributed by atoms with Crippen molar-refractivity contribution in [2.75, 3.05) is 0 Å². The first kappa shape index (κ1) is 26.1. The fraction of sp³-hybridized carbons (Fsp3) is 0.259. The third-order valence-corrected chi connectivity index (χ3v) is 6.86. The van der Waals surface area contributed by atoms with Gasteiger partial charge in [0.2, 0.25) is 5.91 Å². The molecule has 1 amide bonds. The average molecular weight is 608 g/mol. The summed E-state index contributed by atoms with van der Waals surface area (Å²) in [6, 6.07) is 9.67. The van der Waals surface area contributed by atoms with Gasteiger partial charge in [-0.1, -0.05) is 24.1 Å². The molecule has 186 valence electrons. The number of hydrogen-bond acceptors (Lipinski definition) is 3. The highest BCUT2D eigenvalue weighted by Crippen LogP contribution is 2.40. The minimum atomic E-state index is -4.83. The van der Waals surface area contributed by atoms with E-state index in [1.54, 1.807) is 30.3 Å². The quantitative estimate of drug-likeness (QED) is 0.217. The second kappa shape index (κ2) is 10.6. The Morgan fingerprint density at radius 3 is 2.56 bits per heavy atom. The van der Waals surface area contributed by atoms with Gasteiger partial charge in [0.15, 0.2) is 0 Å². The molecule has 1 heterocycles. The van der Waals surface area contributed by atoms with E-state index < -0.39 is 41.5 Å². The molecular formula is C27H21F4IN2O2. The molecule has 4 rings (SSSR count). The zero-order chi connectivity index (χ0) is 26.0. The molecule has 1 saturated carbocycles. The maximum Gasteiger partial charge on any atom is 0.416 e. The molecular weight excluding hydrogens is 587 g/mol. The molecule has 1 aromatic heterocycles. The second-order valence-electron chi connectivity index (χ2n) is 8.62. The number of aliphatic hydroxyl groups excluding tert-OH is 1. The monoisotopic (exact) mass is 608 g/mol. The van der Waals surface area contributed by atoms with Crippen LogP contribution in [0.5, 0.6) is 0 Å². The summed E-state index contributed by atoms with van der Waals surface area (Å²) in [5.41, 5.74) is -0.711. The van der Waals surface area contributed by atoms with Crippen molar-refractivity contribution in [3.8, 4) is 23.5 Å². The van der Waals surface area contributed by atoms with Crippen molar-refractivity contribution < 1.29 is 27.5 Å². The molecule has 0 radical (unpaired) electrons. The van der Waals surface area contributed by atoms with Crippen molar-refractivity contribution >= 4 is 28.5 Å². The molecule has 0 aliphatic heterocycles. The number of terminal acetylenes is 1. The number of nitrogens with one attached hydrogen (secondary N) is 1. The molecule has 0 bridgehead atoms. The number of nitrogens with zero attached hydrogens (tertiary/aromatic N) is 1. The largest absolute Gasteiger partial charge is 0.416 e. The van der Waals surface area contributed by atoms with Gasteiger partial charge in [0.1, 0.15) is 5.82 Å². The van der Waals surface area contributed by atoms with Gasteiger partial charge in [-0.3, -0.25) is 9.78 Å². The van der Waals surface area contributed by atoms with Crippen molar-refractivity contribution in [3.63, 3.8) is 0 Å². The number of rotatable bonds is 5. The lowest BCUT2D eigenvalue weighted by atomic mass is 9.88. The Hall–Kier alpha value is -2.97. The van der Waals surface area contributed by atoms with Gasteiger partial charge in [-0.05, 0) is 77.7 Å². The van der Waals surface area contributed by atoms with Crippen LogP contribution in [0.3, 0.4) is 0 Å². The summed E-state index contributed by atoms with van der Waals surface area (Å²) in [6.07, 6.45) is 2.78. The van der Waals surface area contributed by atoms with Gasteiger partial charge in [-0.25, -0.2) is 4.39 Å². The Kier molecular flexibility index (Phi) is 7.66. The lowest BCUT2D eigenvalue weighted by molar-refractivity contribution is -0.137. The fourth-order valence-corrected chi connectivity index (χ4v) is 4.77. The first-order valence-electron chi connectivity index (χ1n) is 11.1. The summed E-state index contributed by atoms with van der Waals surface area (Å²) in [6.45, 7) is 0. The Morgan fingerprint density at radius 1 is 1.19 bits per heavy atom. The highest BCUT2D eigenvalue weighted by atomic mass is 127. The highest BCUT2D eigenvalue weighted by molar-refractivity contribution is 14.1. The number of pyridine rings is 1. The number of aromatic nitrogens is 1. The van der Waals surface area contributed by atoms with Crippen LogP contribution in [0.4, 0.5) is 17.6 Å². The SMILES string of the molecule is C#Cc1ccccc1-c1c(F)cc(C(F)(F)F)cc1[C@H](NC(=O)C1CCC(O)C1)c1ccc(I)cn1. The molecule has 0 saturated heterocycles. The topological polar surface area (TPSA) is 62.2 Å². The van der Waals surface area contributed by atoms with E-state index in [1.807, 2.05) is 22.6 Å². The van der Waals surface area contributed by atoms with Gasteiger partial charge in [0.25, 0.3) is 0 Å². The van der Waals surface area contributed by atoms with E-state index in [-0.39, 0.29) is 34.4 Å². The van der Waals surface area contributed by atoms with Crippen molar-refractivity contribution in [2.24, 2.45) is 5.92 Å². The molecule has 36 heavy (non-hydrogen) atoms. The van der Waals surface area contributed by atoms with Crippen LogP contribution in [-0.2, 0) is 11.0 Å².